The Hall–Kier alpha value is -4.13. The van der Waals surface area contributed by atoms with Gasteiger partial charge in [0.15, 0.2) is 0 Å². The van der Waals surface area contributed by atoms with Gasteiger partial charge in [-0.1, -0.05) is 0 Å². The number of hydrogen-bond donors (Lipinski definition) is 3. The predicted molar refractivity (Wildman–Crippen MR) is 120 cm³/mol. The summed E-state index contributed by atoms with van der Waals surface area (Å²) in [5, 5.41) is 5.67. The molecule has 4 rings (SSSR count). The Morgan fingerprint density at radius 1 is 1.24 bits per heavy atom. The number of amides is 2. The van der Waals surface area contributed by atoms with Gasteiger partial charge in [-0.2, -0.15) is 4.98 Å². The Morgan fingerprint density at radius 2 is 2.03 bits per heavy atom. The van der Waals surface area contributed by atoms with Gasteiger partial charge >= 0.3 is 18.0 Å². The standard InChI is InChI=1S/C21H21N5O7S/c1-4-31-19(28)14-11(23-21(29)24-15(14)12-6-5-9(2)33-12)8-32-18(27)13-7-10-16(30-3)25-20(22)26-17(10)34-13/h5-7,15H,4,8H2,1-3H3,(H2,22,25,26)(H2,23,24,29). The lowest BCUT2D eigenvalue weighted by Gasteiger charge is -2.27. The number of carbonyl (C=O) groups excluding carboxylic acids is 3. The van der Waals surface area contributed by atoms with E-state index in [0.717, 1.165) is 11.3 Å². The third-order valence-electron chi connectivity index (χ3n) is 4.81. The van der Waals surface area contributed by atoms with Crippen LogP contribution in [-0.2, 0) is 14.3 Å². The molecule has 4 heterocycles. The average molecular weight is 487 g/mol. The van der Waals surface area contributed by atoms with Crippen LogP contribution in [0.5, 0.6) is 5.88 Å². The van der Waals surface area contributed by atoms with E-state index < -0.39 is 30.6 Å². The summed E-state index contributed by atoms with van der Waals surface area (Å²) < 4.78 is 21.4. The van der Waals surface area contributed by atoms with Gasteiger partial charge in [-0.3, -0.25) is 0 Å². The minimum absolute atomic E-state index is 0.00646. The number of ether oxygens (including phenoxy) is 3. The second-order valence-electron chi connectivity index (χ2n) is 7.09. The first kappa shape index (κ1) is 23.0. The molecule has 2 amide bonds. The first-order valence-electron chi connectivity index (χ1n) is 10.1. The molecule has 178 valence electrons. The number of fused-ring (bicyclic) bond motifs is 1. The molecule has 1 unspecified atom stereocenters. The Kier molecular flexibility index (Phi) is 6.36. The van der Waals surface area contributed by atoms with Gasteiger partial charge in [0.05, 0.1) is 30.4 Å². The molecular weight excluding hydrogens is 466 g/mol. The molecule has 4 N–H and O–H groups in total. The largest absolute Gasteiger partial charge is 0.480 e. The van der Waals surface area contributed by atoms with E-state index in [1.807, 2.05) is 0 Å². The van der Waals surface area contributed by atoms with Crippen LogP contribution < -0.4 is 21.1 Å². The fourth-order valence-electron chi connectivity index (χ4n) is 3.38. The summed E-state index contributed by atoms with van der Waals surface area (Å²) in [7, 11) is 1.43. The number of nitrogens with one attached hydrogen (secondary N) is 2. The van der Waals surface area contributed by atoms with Crippen LogP contribution in [0, 0.1) is 6.92 Å². The molecule has 0 spiro atoms. The van der Waals surface area contributed by atoms with E-state index in [2.05, 4.69) is 20.6 Å². The Bertz CT molecular complexity index is 1310. The normalized spacial score (nSPS) is 15.6. The molecule has 1 atom stereocenters. The van der Waals surface area contributed by atoms with E-state index in [4.69, 9.17) is 24.4 Å². The number of nitrogens with zero attached hydrogens (tertiary/aromatic N) is 2. The first-order chi connectivity index (χ1) is 16.3. The third kappa shape index (κ3) is 4.50. The van der Waals surface area contributed by atoms with Gasteiger partial charge in [0, 0.05) is 0 Å². The van der Waals surface area contributed by atoms with Crippen molar-refractivity contribution in [2.45, 2.75) is 19.9 Å². The van der Waals surface area contributed by atoms with Gasteiger partial charge in [0.1, 0.15) is 33.9 Å². The van der Waals surface area contributed by atoms with Crippen molar-refractivity contribution in [3.63, 3.8) is 0 Å². The van der Waals surface area contributed by atoms with Crippen LogP contribution in [0.1, 0.15) is 34.2 Å². The van der Waals surface area contributed by atoms with Gasteiger partial charge in [-0.15, -0.1) is 11.3 Å². The van der Waals surface area contributed by atoms with Gasteiger partial charge in [-0.05, 0) is 32.0 Å². The van der Waals surface area contributed by atoms with Crippen molar-refractivity contribution in [2.24, 2.45) is 0 Å². The van der Waals surface area contributed by atoms with Gasteiger partial charge in [-0.25, -0.2) is 19.4 Å². The molecule has 1 aliphatic heterocycles. The van der Waals surface area contributed by atoms with Crippen molar-refractivity contribution in [2.75, 3.05) is 26.1 Å². The second-order valence-corrected chi connectivity index (χ2v) is 8.12. The molecule has 0 radical (unpaired) electrons. The molecule has 0 fully saturated rings. The number of anilines is 1. The maximum atomic E-state index is 12.8. The van der Waals surface area contributed by atoms with E-state index in [1.54, 1.807) is 26.0 Å². The van der Waals surface area contributed by atoms with Crippen LogP contribution >= 0.6 is 11.3 Å². The molecule has 0 aliphatic carbocycles. The molecule has 3 aromatic heterocycles. The number of rotatable bonds is 7. The van der Waals surface area contributed by atoms with E-state index in [9.17, 15) is 14.4 Å². The Morgan fingerprint density at radius 3 is 2.71 bits per heavy atom. The van der Waals surface area contributed by atoms with Crippen molar-refractivity contribution in [1.82, 2.24) is 20.6 Å². The van der Waals surface area contributed by atoms with Crippen LogP contribution in [0.4, 0.5) is 10.7 Å². The number of methoxy groups -OCH3 is 1. The lowest BCUT2D eigenvalue weighted by molar-refractivity contribution is -0.139. The van der Waals surface area contributed by atoms with Crippen molar-refractivity contribution in [1.29, 1.82) is 0 Å². The zero-order valence-corrected chi connectivity index (χ0v) is 19.3. The van der Waals surface area contributed by atoms with E-state index in [-0.39, 0.29) is 34.6 Å². The van der Waals surface area contributed by atoms with E-state index >= 15 is 0 Å². The lowest BCUT2D eigenvalue weighted by atomic mass is 10.0. The topological polar surface area (TPSA) is 168 Å². The van der Waals surface area contributed by atoms with Gasteiger partial charge in [0.25, 0.3) is 0 Å². The number of carbonyl (C=O) groups is 3. The zero-order valence-electron chi connectivity index (χ0n) is 18.5. The minimum atomic E-state index is -0.915. The highest BCUT2D eigenvalue weighted by molar-refractivity contribution is 7.20. The number of esters is 2. The van der Waals surface area contributed by atoms with Crippen LogP contribution in [-0.4, -0.2) is 48.3 Å². The summed E-state index contributed by atoms with van der Waals surface area (Å²) in [5.41, 5.74) is 5.82. The van der Waals surface area contributed by atoms with Gasteiger partial charge < -0.3 is 35.0 Å². The highest BCUT2D eigenvalue weighted by atomic mass is 32.1. The number of aromatic nitrogens is 2. The monoisotopic (exact) mass is 487 g/mol. The number of aryl methyl sites for hydroxylation is 1. The van der Waals surface area contributed by atoms with Crippen LogP contribution in [0.2, 0.25) is 0 Å². The molecule has 13 heteroatoms. The predicted octanol–water partition coefficient (Wildman–Crippen LogP) is 2.21. The third-order valence-corrected chi connectivity index (χ3v) is 5.82. The lowest BCUT2D eigenvalue weighted by Crippen LogP contribution is -2.47. The summed E-state index contributed by atoms with van der Waals surface area (Å²) in [6, 6.07) is 3.37. The first-order valence-corrected chi connectivity index (χ1v) is 10.9. The van der Waals surface area contributed by atoms with Crippen molar-refractivity contribution >= 4 is 45.5 Å². The SMILES string of the molecule is CCOC(=O)C1=C(COC(=O)c2cc3c(OC)nc(N)nc3s2)NC(=O)NC1c1ccc(C)o1. The van der Waals surface area contributed by atoms with Crippen molar-refractivity contribution in [3.8, 4) is 5.88 Å². The molecular formula is C21H21N5O7S. The highest BCUT2D eigenvalue weighted by Crippen LogP contribution is 2.32. The summed E-state index contributed by atoms with van der Waals surface area (Å²) >= 11 is 1.04. The number of hydrogen-bond acceptors (Lipinski definition) is 11. The average Bonchev–Trinajstić information content (AvgIpc) is 3.42. The molecule has 0 aromatic carbocycles. The Balaban J connectivity index is 1.63. The highest BCUT2D eigenvalue weighted by Gasteiger charge is 2.36. The molecule has 1 aliphatic rings. The molecule has 0 saturated heterocycles. The number of thiophene rings is 1. The fourth-order valence-corrected chi connectivity index (χ4v) is 4.30. The number of urea groups is 1. The molecule has 34 heavy (non-hydrogen) atoms. The minimum Gasteiger partial charge on any atom is -0.480 e. The van der Waals surface area contributed by atoms with Crippen LogP contribution in [0.3, 0.4) is 0 Å². The number of furan rings is 1. The summed E-state index contributed by atoms with van der Waals surface area (Å²) in [4.78, 5) is 46.6. The van der Waals surface area contributed by atoms with Crippen LogP contribution in [0.25, 0.3) is 10.2 Å². The molecule has 0 saturated carbocycles. The summed E-state index contributed by atoms with van der Waals surface area (Å²) in [6.07, 6.45) is 0. The van der Waals surface area contributed by atoms with Gasteiger partial charge in [0.2, 0.25) is 11.8 Å². The fraction of sp³-hybridized carbons (Fsp3) is 0.286. The molecule has 3 aromatic rings. The number of nitrogens with two attached hydrogens (primary N) is 1. The summed E-state index contributed by atoms with van der Waals surface area (Å²) in [6.45, 7) is 3.11. The Labute approximate surface area is 197 Å². The summed E-state index contributed by atoms with van der Waals surface area (Å²) in [5.74, 6) is -0.205. The zero-order chi connectivity index (χ0) is 24.4. The smallest absolute Gasteiger partial charge is 0.348 e. The van der Waals surface area contributed by atoms with E-state index in [1.165, 1.54) is 13.2 Å². The molecule has 12 nitrogen and oxygen atoms in total. The van der Waals surface area contributed by atoms with E-state index in [0.29, 0.717) is 21.7 Å². The number of nitrogen functional groups attached to an aromatic ring is 1. The van der Waals surface area contributed by atoms with Crippen molar-refractivity contribution < 1.29 is 33.0 Å². The molecule has 0 bridgehead atoms. The van der Waals surface area contributed by atoms with Crippen LogP contribution in [0.15, 0.2) is 33.9 Å². The second kappa shape index (κ2) is 9.39. The maximum absolute atomic E-state index is 12.8. The van der Waals surface area contributed by atoms with Crippen molar-refractivity contribution in [3.05, 3.63) is 45.9 Å². The maximum Gasteiger partial charge on any atom is 0.348 e. The quantitative estimate of drug-likeness (QED) is 0.420.